The third-order valence-corrected chi connectivity index (χ3v) is 4.64. The average molecular weight is 362 g/mol. The molecule has 1 heterocycles. The molecule has 1 aromatic carbocycles. The van der Waals surface area contributed by atoms with Gasteiger partial charge in [0.1, 0.15) is 0 Å². The van der Waals surface area contributed by atoms with Crippen molar-refractivity contribution in [2.75, 3.05) is 32.7 Å². The second-order valence-electron chi connectivity index (χ2n) is 5.05. The van der Waals surface area contributed by atoms with Gasteiger partial charge >= 0.3 is 5.97 Å². The Kier molecular flexibility index (Phi) is 5.84. The van der Waals surface area contributed by atoms with Crippen molar-refractivity contribution in [2.24, 2.45) is 0 Å². The molecule has 1 saturated heterocycles. The van der Waals surface area contributed by atoms with E-state index in [2.05, 4.69) is 20.8 Å². The molecule has 0 amide bonds. The molecule has 0 unspecified atom stereocenters. The molecule has 0 aromatic heterocycles. The number of carbonyl (C=O) groups is 1. The largest absolute Gasteiger partial charge is 0.480 e. The fourth-order valence-electron chi connectivity index (χ4n) is 2.43. The summed E-state index contributed by atoms with van der Waals surface area (Å²) in [6, 6.07) is 5.98. The van der Waals surface area contributed by atoms with E-state index in [1.54, 1.807) is 0 Å². The second-order valence-corrected chi connectivity index (χ2v) is 6.31. The Labute approximate surface area is 132 Å². The van der Waals surface area contributed by atoms with Gasteiger partial charge in [-0.25, -0.2) is 0 Å². The third-order valence-electron chi connectivity index (χ3n) is 3.43. The maximum Gasteiger partial charge on any atom is 0.317 e. The Morgan fingerprint density at radius 1 is 1.25 bits per heavy atom. The minimum atomic E-state index is -0.750. The zero-order valence-electron chi connectivity index (χ0n) is 11.2. The summed E-state index contributed by atoms with van der Waals surface area (Å²) in [6.45, 7) is 4.56. The van der Waals surface area contributed by atoms with Crippen molar-refractivity contribution in [3.8, 4) is 0 Å². The smallest absolute Gasteiger partial charge is 0.317 e. The van der Waals surface area contributed by atoms with Crippen LogP contribution in [-0.4, -0.2) is 53.6 Å². The van der Waals surface area contributed by atoms with Crippen LogP contribution in [0, 0.1) is 0 Å². The topological polar surface area (TPSA) is 43.8 Å². The predicted molar refractivity (Wildman–Crippen MR) is 83.1 cm³/mol. The number of rotatable bonds is 4. The van der Waals surface area contributed by atoms with Crippen molar-refractivity contribution >= 4 is 33.5 Å². The normalized spacial score (nSPS) is 17.9. The van der Waals surface area contributed by atoms with Gasteiger partial charge in [-0.15, -0.1) is 0 Å². The minimum absolute atomic E-state index is 0.139. The van der Waals surface area contributed by atoms with Crippen molar-refractivity contribution in [1.82, 2.24) is 9.80 Å². The van der Waals surface area contributed by atoms with E-state index in [-0.39, 0.29) is 6.54 Å². The van der Waals surface area contributed by atoms with E-state index in [1.807, 2.05) is 23.1 Å². The first-order valence-corrected chi connectivity index (χ1v) is 7.82. The molecule has 0 spiro atoms. The number of hydrogen-bond donors (Lipinski definition) is 1. The number of aliphatic carboxylic acids is 1. The van der Waals surface area contributed by atoms with Crippen LogP contribution in [0.1, 0.15) is 12.0 Å². The molecule has 4 nitrogen and oxygen atoms in total. The summed E-state index contributed by atoms with van der Waals surface area (Å²) >= 11 is 9.43. The Morgan fingerprint density at radius 2 is 1.95 bits per heavy atom. The summed E-state index contributed by atoms with van der Waals surface area (Å²) in [5.74, 6) is -0.750. The average Bonchev–Trinajstić information content (AvgIpc) is 2.59. The van der Waals surface area contributed by atoms with Crippen LogP contribution >= 0.6 is 27.5 Å². The van der Waals surface area contributed by atoms with Crippen LogP contribution in [0.25, 0.3) is 0 Å². The van der Waals surface area contributed by atoms with E-state index in [9.17, 15) is 4.79 Å². The highest BCUT2D eigenvalue weighted by atomic mass is 79.9. The molecule has 0 aliphatic carbocycles. The molecule has 2 rings (SSSR count). The zero-order chi connectivity index (χ0) is 14.5. The molecule has 0 bridgehead atoms. The first-order chi connectivity index (χ1) is 9.54. The molecule has 20 heavy (non-hydrogen) atoms. The first kappa shape index (κ1) is 15.8. The summed E-state index contributed by atoms with van der Waals surface area (Å²) in [5, 5.41) is 9.56. The standard InChI is InChI=1S/C14H18BrClN2O2/c15-12-8-11(2-3-13(12)16)9-17-4-1-5-18(7-6-17)10-14(19)20/h2-3,8H,1,4-7,9-10H2,(H,19,20). The fraction of sp³-hybridized carbons (Fsp3) is 0.500. The number of nitrogens with zero attached hydrogens (tertiary/aromatic N) is 2. The molecule has 1 fully saturated rings. The van der Waals surface area contributed by atoms with Crippen molar-refractivity contribution in [2.45, 2.75) is 13.0 Å². The van der Waals surface area contributed by atoms with E-state index in [0.29, 0.717) is 0 Å². The van der Waals surface area contributed by atoms with Gasteiger partial charge in [0.2, 0.25) is 0 Å². The lowest BCUT2D eigenvalue weighted by atomic mass is 10.2. The Balaban J connectivity index is 1.90. The van der Waals surface area contributed by atoms with Gasteiger partial charge in [0.15, 0.2) is 0 Å². The number of carboxylic acid groups (broad SMARTS) is 1. The van der Waals surface area contributed by atoms with E-state index in [4.69, 9.17) is 16.7 Å². The van der Waals surface area contributed by atoms with Gasteiger partial charge in [-0.2, -0.15) is 0 Å². The first-order valence-electron chi connectivity index (χ1n) is 6.65. The van der Waals surface area contributed by atoms with Crippen molar-refractivity contribution < 1.29 is 9.90 Å². The molecular weight excluding hydrogens is 344 g/mol. The van der Waals surface area contributed by atoms with E-state index in [1.165, 1.54) is 5.56 Å². The van der Waals surface area contributed by atoms with E-state index in [0.717, 1.165) is 48.6 Å². The molecule has 6 heteroatoms. The number of hydrogen-bond acceptors (Lipinski definition) is 3. The number of benzene rings is 1. The van der Waals surface area contributed by atoms with Crippen LogP contribution in [0.5, 0.6) is 0 Å². The molecule has 0 atom stereocenters. The quantitative estimate of drug-likeness (QED) is 0.895. The van der Waals surface area contributed by atoms with E-state index >= 15 is 0 Å². The molecular formula is C14H18BrClN2O2. The molecule has 1 N–H and O–H groups in total. The Bertz CT molecular complexity index is 484. The van der Waals surface area contributed by atoms with Crippen LogP contribution in [0.3, 0.4) is 0 Å². The lowest BCUT2D eigenvalue weighted by Gasteiger charge is -2.21. The lowest BCUT2D eigenvalue weighted by Crippen LogP contribution is -2.34. The van der Waals surface area contributed by atoms with Gasteiger partial charge in [0.05, 0.1) is 11.6 Å². The highest BCUT2D eigenvalue weighted by Gasteiger charge is 2.16. The summed E-state index contributed by atoms with van der Waals surface area (Å²) in [6.07, 6.45) is 1.00. The monoisotopic (exact) mass is 360 g/mol. The lowest BCUT2D eigenvalue weighted by molar-refractivity contribution is -0.138. The van der Waals surface area contributed by atoms with Crippen molar-refractivity contribution in [3.63, 3.8) is 0 Å². The molecule has 1 aromatic rings. The van der Waals surface area contributed by atoms with Gasteiger partial charge in [-0.3, -0.25) is 14.6 Å². The van der Waals surface area contributed by atoms with Crippen LogP contribution in [0.4, 0.5) is 0 Å². The third kappa shape index (κ3) is 4.74. The maximum atomic E-state index is 10.7. The van der Waals surface area contributed by atoms with Gasteiger partial charge in [-0.05, 0) is 46.6 Å². The molecule has 0 radical (unpaired) electrons. The molecule has 1 aliphatic rings. The summed E-state index contributed by atoms with van der Waals surface area (Å²) in [4.78, 5) is 15.1. The fourth-order valence-corrected chi connectivity index (χ4v) is 2.97. The van der Waals surface area contributed by atoms with Gasteiger partial charge in [0, 0.05) is 30.7 Å². The summed E-state index contributed by atoms with van der Waals surface area (Å²) in [7, 11) is 0. The van der Waals surface area contributed by atoms with Crippen molar-refractivity contribution in [1.29, 1.82) is 0 Å². The number of halogens is 2. The van der Waals surface area contributed by atoms with Crippen LogP contribution in [-0.2, 0) is 11.3 Å². The highest BCUT2D eigenvalue weighted by molar-refractivity contribution is 9.10. The Hall–Kier alpha value is -0.620. The Morgan fingerprint density at radius 3 is 2.65 bits per heavy atom. The maximum absolute atomic E-state index is 10.7. The van der Waals surface area contributed by atoms with Gasteiger partial charge in [-0.1, -0.05) is 17.7 Å². The van der Waals surface area contributed by atoms with Crippen LogP contribution < -0.4 is 0 Å². The van der Waals surface area contributed by atoms with Crippen LogP contribution in [0.15, 0.2) is 22.7 Å². The van der Waals surface area contributed by atoms with E-state index < -0.39 is 5.97 Å². The highest BCUT2D eigenvalue weighted by Crippen LogP contribution is 2.24. The molecule has 1 aliphatic heterocycles. The predicted octanol–water partition coefficient (Wildman–Crippen LogP) is 2.69. The van der Waals surface area contributed by atoms with Gasteiger partial charge < -0.3 is 5.11 Å². The molecule has 110 valence electrons. The minimum Gasteiger partial charge on any atom is -0.480 e. The number of carboxylic acids is 1. The molecule has 0 saturated carbocycles. The van der Waals surface area contributed by atoms with Crippen molar-refractivity contribution in [3.05, 3.63) is 33.3 Å². The van der Waals surface area contributed by atoms with Gasteiger partial charge in [0.25, 0.3) is 0 Å². The second kappa shape index (κ2) is 7.41. The SMILES string of the molecule is O=C(O)CN1CCCN(Cc2ccc(Cl)c(Br)c2)CC1. The summed E-state index contributed by atoms with van der Waals surface area (Å²) in [5.41, 5.74) is 1.22. The zero-order valence-corrected chi connectivity index (χ0v) is 13.5. The summed E-state index contributed by atoms with van der Waals surface area (Å²) < 4.78 is 0.916. The van der Waals surface area contributed by atoms with Crippen LogP contribution in [0.2, 0.25) is 5.02 Å².